The molecule has 1 heterocycles. The van der Waals surface area contributed by atoms with E-state index in [9.17, 15) is 0 Å². The highest BCUT2D eigenvalue weighted by atomic mass is 28.4. The van der Waals surface area contributed by atoms with Crippen LogP contribution in [0.4, 0.5) is 0 Å². The number of rotatable bonds is 4. The van der Waals surface area contributed by atoms with E-state index in [1.165, 1.54) is 70.9 Å². The summed E-state index contributed by atoms with van der Waals surface area (Å²) in [6.07, 6.45) is 12.9. The zero-order chi connectivity index (χ0) is 15.2. The molecule has 0 amide bonds. The Hall–Kier alpha value is 0.0969. The Labute approximate surface area is 137 Å². The van der Waals surface area contributed by atoms with Crippen LogP contribution in [0, 0.1) is 23.7 Å². The molecule has 1 saturated heterocycles. The van der Waals surface area contributed by atoms with Gasteiger partial charge in [0.1, 0.15) is 0 Å². The first-order valence-electron chi connectivity index (χ1n) is 9.62. The SMILES string of the molecule is CO[Si](OC)(C1CC2CCC1C2)N1CCC2CCCCC2C1. The van der Waals surface area contributed by atoms with E-state index in [-0.39, 0.29) is 0 Å². The molecule has 5 unspecified atom stereocenters. The summed E-state index contributed by atoms with van der Waals surface area (Å²) in [4.78, 5) is 0. The second-order valence-electron chi connectivity index (χ2n) is 8.36. The number of hydrogen-bond donors (Lipinski definition) is 0. The van der Waals surface area contributed by atoms with Crippen molar-refractivity contribution in [2.24, 2.45) is 23.7 Å². The molecule has 0 radical (unpaired) electrons. The van der Waals surface area contributed by atoms with Crippen LogP contribution in [0.1, 0.15) is 57.8 Å². The molecule has 0 N–H and O–H groups in total. The van der Waals surface area contributed by atoms with E-state index in [1.54, 1.807) is 0 Å². The third-order valence-corrected chi connectivity index (χ3v) is 11.6. The second kappa shape index (κ2) is 6.19. The average molecular weight is 324 g/mol. The van der Waals surface area contributed by atoms with Crippen molar-refractivity contribution in [3.05, 3.63) is 0 Å². The maximum absolute atomic E-state index is 6.29. The van der Waals surface area contributed by atoms with Crippen molar-refractivity contribution in [3.8, 4) is 0 Å². The van der Waals surface area contributed by atoms with Crippen LogP contribution >= 0.6 is 0 Å². The molecule has 0 aromatic heterocycles. The van der Waals surface area contributed by atoms with Crippen molar-refractivity contribution in [2.45, 2.75) is 63.3 Å². The summed E-state index contributed by atoms with van der Waals surface area (Å²) in [5.74, 6) is 3.77. The topological polar surface area (TPSA) is 21.7 Å². The van der Waals surface area contributed by atoms with Gasteiger partial charge >= 0.3 is 8.72 Å². The molecule has 1 aliphatic heterocycles. The van der Waals surface area contributed by atoms with Crippen molar-refractivity contribution in [1.82, 2.24) is 4.57 Å². The average Bonchev–Trinajstić information content (AvgIpc) is 3.20. The van der Waals surface area contributed by atoms with E-state index in [1.807, 2.05) is 14.2 Å². The molecule has 0 spiro atoms. The number of nitrogens with zero attached hydrogens (tertiary/aromatic N) is 1. The monoisotopic (exact) mass is 323 g/mol. The Balaban J connectivity index is 1.54. The van der Waals surface area contributed by atoms with Crippen LogP contribution in [0.25, 0.3) is 0 Å². The molecule has 4 heteroatoms. The minimum absolute atomic E-state index is 0.724. The van der Waals surface area contributed by atoms with Crippen molar-refractivity contribution in [2.75, 3.05) is 27.3 Å². The first-order valence-corrected chi connectivity index (χ1v) is 11.5. The van der Waals surface area contributed by atoms with Crippen LogP contribution in [0.2, 0.25) is 5.54 Å². The maximum Gasteiger partial charge on any atom is 0.430 e. The highest BCUT2D eigenvalue weighted by Gasteiger charge is 2.59. The molecule has 126 valence electrons. The van der Waals surface area contributed by atoms with Crippen LogP contribution in [0.5, 0.6) is 0 Å². The first kappa shape index (κ1) is 15.6. The van der Waals surface area contributed by atoms with E-state index in [4.69, 9.17) is 8.85 Å². The predicted octanol–water partition coefficient (Wildman–Crippen LogP) is 3.92. The zero-order valence-corrected chi connectivity index (χ0v) is 15.4. The molecule has 2 bridgehead atoms. The lowest BCUT2D eigenvalue weighted by Gasteiger charge is -2.50. The lowest BCUT2D eigenvalue weighted by atomic mass is 9.76. The lowest BCUT2D eigenvalue weighted by molar-refractivity contribution is 0.0704. The Kier molecular flexibility index (Phi) is 4.39. The highest BCUT2D eigenvalue weighted by molar-refractivity contribution is 6.66. The van der Waals surface area contributed by atoms with Gasteiger partial charge < -0.3 is 8.85 Å². The van der Waals surface area contributed by atoms with Crippen LogP contribution in [-0.2, 0) is 8.85 Å². The standard InChI is InChI=1S/C18H33NO2Si/c1-20-22(21-2,18-12-14-7-8-16(18)11-14)19-10-9-15-5-3-4-6-17(15)13-19/h14-18H,3-13H2,1-2H3. The van der Waals surface area contributed by atoms with Gasteiger partial charge in [-0.05, 0) is 68.9 Å². The minimum Gasteiger partial charge on any atom is -0.386 e. The molecule has 0 aromatic carbocycles. The van der Waals surface area contributed by atoms with Crippen LogP contribution in [0.3, 0.4) is 0 Å². The maximum atomic E-state index is 6.29. The molecule has 3 saturated carbocycles. The van der Waals surface area contributed by atoms with Gasteiger partial charge in [-0.3, -0.25) is 4.57 Å². The second-order valence-corrected chi connectivity index (χ2v) is 11.8. The fourth-order valence-electron chi connectivity index (χ4n) is 6.45. The molecule has 0 aromatic rings. The van der Waals surface area contributed by atoms with Gasteiger partial charge in [-0.1, -0.05) is 25.7 Å². The third-order valence-electron chi connectivity index (χ3n) is 7.52. The summed E-state index contributed by atoms with van der Waals surface area (Å²) in [5.41, 5.74) is 0.724. The molecule has 4 rings (SSSR count). The van der Waals surface area contributed by atoms with E-state index in [2.05, 4.69) is 4.57 Å². The largest absolute Gasteiger partial charge is 0.430 e. The Bertz CT molecular complexity index is 401. The lowest BCUT2D eigenvalue weighted by Crippen LogP contribution is -2.64. The van der Waals surface area contributed by atoms with E-state index < -0.39 is 8.72 Å². The van der Waals surface area contributed by atoms with E-state index in [0.717, 1.165) is 29.2 Å². The van der Waals surface area contributed by atoms with E-state index >= 15 is 0 Å². The summed E-state index contributed by atoms with van der Waals surface area (Å²) in [6, 6.07) is 0. The first-order chi connectivity index (χ1) is 10.8. The summed E-state index contributed by atoms with van der Waals surface area (Å²) in [5, 5.41) is 0. The minimum atomic E-state index is -2.21. The molecule has 4 aliphatic rings. The Morgan fingerprint density at radius 2 is 1.59 bits per heavy atom. The molecular weight excluding hydrogens is 290 g/mol. The van der Waals surface area contributed by atoms with Gasteiger partial charge in [-0.15, -0.1) is 0 Å². The smallest absolute Gasteiger partial charge is 0.386 e. The number of piperidine rings is 1. The highest BCUT2D eigenvalue weighted by Crippen LogP contribution is 2.56. The molecule has 22 heavy (non-hydrogen) atoms. The van der Waals surface area contributed by atoms with Gasteiger partial charge in [-0.25, -0.2) is 0 Å². The number of hydrogen-bond acceptors (Lipinski definition) is 3. The van der Waals surface area contributed by atoms with Crippen molar-refractivity contribution >= 4 is 8.72 Å². The molecular formula is C18H33NO2Si. The molecule has 4 fully saturated rings. The summed E-state index contributed by atoms with van der Waals surface area (Å²) >= 11 is 0. The summed E-state index contributed by atoms with van der Waals surface area (Å²) in [7, 11) is 1.67. The van der Waals surface area contributed by atoms with Gasteiger partial charge in [0.25, 0.3) is 0 Å². The third kappa shape index (κ3) is 2.41. The van der Waals surface area contributed by atoms with Crippen LogP contribution in [0.15, 0.2) is 0 Å². The Morgan fingerprint density at radius 3 is 2.23 bits per heavy atom. The zero-order valence-electron chi connectivity index (χ0n) is 14.4. The summed E-state index contributed by atoms with van der Waals surface area (Å²) < 4.78 is 15.3. The molecule has 5 atom stereocenters. The summed E-state index contributed by atoms with van der Waals surface area (Å²) in [6.45, 7) is 2.48. The van der Waals surface area contributed by atoms with Crippen molar-refractivity contribution in [3.63, 3.8) is 0 Å². The fourth-order valence-corrected chi connectivity index (χ4v) is 10.7. The van der Waals surface area contributed by atoms with Crippen LogP contribution in [-0.4, -0.2) is 40.6 Å². The molecule has 3 aliphatic carbocycles. The molecule has 3 nitrogen and oxygen atoms in total. The van der Waals surface area contributed by atoms with Gasteiger partial charge in [0.15, 0.2) is 0 Å². The van der Waals surface area contributed by atoms with Gasteiger partial charge in [0.2, 0.25) is 0 Å². The van der Waals surface area contributed by atoms with Gasteiger partial charge in [0.05, 0.1) is 0 Å². The normalized spacial score (nSPS) is 42.5. The van der Waals surface area contributed by atoms with Crippen LogP contribution < -0.4 is 0 Å². The predicted molar refractivity (Wildman–Crippen MR) is 90.6 cm³/mol. The van der Waals surface area contributed by atoms with Gasteiger partial charge in [0, 0.05) is 19.8 Å². The van der Waals surface area contributed by atoms with Crippen molar-refractivity contribution < 1.29 is 8.85 Å². The quantitative estimate of drug-likeness (QED) is 0.732. The van der Waals surface area contributed by atoms with Crippen molar-refractivity contribution in [1.29, 1.82) is 0 Å². The fraction of sp³-hybridized carbons (Fsp3) is 1.00. The van der Waals surface area contributed by atoms with Gasteiger partial charge in [-0.2, -0.15) is 0 Å². The Morgan fingerprint density at radius 1 is 0.818 bits per heavy atom. The number of fused-ring (bicyclic) bond motifs is 3. The van der Waals surface area contributed by atoms with E-state index in [0.29, 0.717) is 0 Å².